The van der Waals surface area contributed by atoms with Gasteiger partial charge in [0.05, 0.1) is 6.10 Å². The quantitative estimate of drug-likeness (QED) is 0.694. The van der Waals surface area contributed by atoms with E-state index in [-0.39, 0.29) is 17.2 Å². The SMILES string of the molecule is C/C=C\C=C/CC(O)CNC(=O)C1CC(C)(C)CCC1C(C)C. The average molecular weight is 322 g/mol. The first kappa shape index (κ1) is 20.0. The van der Waals surface area contributed by atoms with E-state index in [1.165, 1.54) is 6.42 Å². The second-order valence-electron chi connectivity index (χ2n) is 8.01. The van der Waals surface area contributed by atoms with Crippen LogP contribution in [0.5, 0.6) is 0 Å². The van der Waals surface area contributed by atoms with Crippen LogP contribution in [-0.4, -0.2) is 23.7 Å². The van der Waals surface area contributed by atoms with E-state index in [9.17, 15) is 9.90 Å². The largest absolute Gasteiger partial charge is 0.391 e. The molecular formula is C20H35NO2. The smallest absolute Gasteiger partial charge is 0.223 e. The maximum absolute atomic E-state index is 12.6. The minimum Gasteiger partial charge on any atom is -0.391 e. The van der Waals surface area contributed by atoms with Gasteiger partial charge in [-0.25, -0.2) is 0 Å². The van der Waals surface area contributed by atoms with Crippen LogP contribution < -0.4 is 5.32 Å². The van der Waals surface area contributed by atoms with Crippen LogP contribution in [0.4, 0.5) is 0 Å². The maximum atomic E-state index is 12.6. The molecule has 0 heterocycles. The van der Waals surface area contributed by atoms with Crippen molar-refractivity contribution in [1.29, 1.82) is 0 Å². The van der Waals surface area contributed by atoms with Gasteiger partial charge in [-0.15, -0.1) is 0 Å². The van der Waals surface area contributed by atoms with Crippen LogP contribution in [0.25, 0.3) is 0 Å². The van der Waals surface area contributed by atoms with E-state index >= 15 is 0 Å². The molecule has 132 valence electrons. The fraction of sp³-hybridized carbons (Fsp3) is 0.750. The van der Waals surface area contributed by atoms with Gasteiger partial charge in [-0.2, -0.15) is 0 Å². The van der Waals surface area contributed by atoms with Crippen molar-refractivity contribution in [2.24, 2.45) is 23.2 Å². The Labute approximate surface area is 142 Å². The topological polar surface area (TPSA) is 49.3 Å². The van der Waals surface area contributed by atoms with Crippen molar-refractivity contribution in [2.45, 2.75) is 66.4 Å². The van der Waals surface area contributed by atoms with Gasteiger partial charge in [0, 0.05) is 12.5 Å². The third-order valence-corrected chi connectivity index (χ3v) is 5.00. The van der Waals surface area contributed by atoms with Crippen molar-refractivity contribution in [3.05, 3.63) is 24.3 Å². The van der Waals surface area contributed by atoms with Gasteiger partial charge in [-0.3, -0.25) is 4.79 Å². The summed E-state index contributed by atoms with van der Waals surface area (Å²) in [6, 6.07) is 0. The molecule has 3 nitrogen and oxygen atoms in total. The number of aliphatic hydroxyl groups is 1. The van der Waals surface area contributed by atoms with Gasteiger partial charge in [0.25, 0.3) is 0 Å². The summed E-state index contributed by atoms with van der Waals surface area (Å²) in [6.45, 7) is 11.2. The Bertz CT molecular complexity index is 423. The first-order valence-electron chi connectivity index (χ1n) is 9.00. The molecule has 0 bridgehead atoms. The zero-order chi connectivity index (χ0) is 17.5. The van der Waals surface area contributed by atoms with Gasteiger partial charge in [0.15, 0.2) is 0 Å². The molecular weight excluding hydrogens is 286 g/mol. The first-order valence-corrected chi connectivity index (χ1v) is 9.00. The van der Waals surface area contributed by atoms with Crippen LogP contribution in [0, 0.1) is 23.2 Å². The van der Waals surface area contributed by atoms with E-state index in [0.29, 0.717) is 24.8 Å². The Morgan fingerprint density at radius 2 is 2.04 bits per heavy atom. The van der Waals surface area contributed by atoms with E-state index < -0.39 is 6.10 Å². The van der Waals surface area contributed by atoms with Crippen LogP contribution in [0.15, 0.2) is 24.3 Å². The number of carbonyl (C=O) groups is 1. The molecule has 1 fully saturated rings. The zero-order valence-corrected chi connectivity index (χ0v) is 15.5. The van der Waals surface area contributed by atoms with E-state index in [1.807, 2.05) is 31.2 Å². The van der Waals surface area contributed by atoms with Crippen LogP contribution in [0.3, 0.4) is 0 Å². The van der Waals surface area contributed by atoms with Crippen molar-refractivity contribution in [3.63, 3.8) is 0 Å². The first-order chi connectivity index (χ1) is 10.8. The van der Waals surface area contributed by atoms with Gasteiger partial charge in [-0.1, -0.05) is 52.0 Å². The number of hydrogen-bond acceptors (Lipinski definition) is 2. The fourth-order valence-corrected chi connectivity index (χ4v) is 3.55. The molecule has 2 N–H and O–H groups in total. The predicted molar refractivity (Wildman–Crippen MR) is 97.0 cm³/mol. The average Bonchev–Trinajstić information content (AvgIpc) is 2.48. The standard InChI is InChI=1S/C20H35NO2/c1-6-7-8-9-10-16(22)14-21-19(23)18-13-20(4,5)12-11-17(18)15(2)3/h6-9,15-18,22H,10-14H2,1-5H3,(H,21,23)/b7-6-,9-8-. The van der Waals surface area contributed by atoms with Crippen LogP contribution in [-0.2, 0) is 4.79 Å². The third-order valence-electron chi connectivity index (χ3n) is 5.00. The highest BCUT2D eigenvalue weighted by molar-refractivity contribution is 5.79. The summed E-state index contributed by atoms with van der Waals surface area (Å²) in [7, 11) is 0. The molecule has 3 heteroatoms. The summed E-state index contributed by atoms with van der Waals surface area (Å²) in [5.74, 6) is 1.17. The van der Waals surface area contributed by atoms with E-state index in [4.69, 9.17) is 0 Å². The summed E-state index contributed by atoms with van der Waals surface area (Å²) in [5, 5.41) is 13.0. The van der Waals surface area contributed by atoms with Gasteiger partial charge in [-0.05, 0) is 49.9 Å². The third kappa shape index (κ3) is 6.90. The molecule has 1 amide bonds. The Morgan fingerprint density at radius 1 is 1.35 bits per heavy atom. The number of carbonyl (C=O) groups excluding carboxylic acids is 1. The highest BCUT2D eigenvalue weighted by atomic mass is 16.3. The number of nitrogens with one attached hydrogen (secondary N) is 1. The van der Waals surface area contributed by atoms with E-state index in [1.54, 1.807) is 0 Å². The minimum absolute atomic E-state index is 0.0736. The lowest BCUT2D eigenvalue weighted by molar-refractivity contribution is -0.131. The lowest BCUT2D eigenvalue weighted by atomic mass is 9.64. The van der Waals surface area contributed by atoms with Gasteiger partial charge in [0.2, 0.25) is 5.91 Å². The Kier molecular flexibility index (Phi) is 8.04. The minimum atomic E-state index is -0.519. The molecule has 0 aromatic carbocycles. The number of rotatable bonds is 7. The normalized spacial score (nSPS) is 26.0. The fourth-order valence-electron chi connectivity index (χ4n) is 3.55. The molecule has 1 rings (SSSR count). The Hall–Kier alpha value is -1.09. The molecule has 23 heavy (non-hydrogen) atoms. The summed E-state index contributed by atoms with van der Waals surface area (Å²) in [6.07, 6.45) is 11.0. The lowest BCUT2D eigenvalue weighted by Gasteiger charge is -2.41. The van der Waals surface area contributed by atoms with Crippen molar-refractivity contribution in [2.75, 3.05) is 6.54 Å². The number of allylic oxidation sites excluding steroid dienone is 3. The molecule has 0 aliphatic heterocycles. The zero-order valence-electron chi connectivity index (χ0n) is 15.5. The number of amides is 1. The molecule has 1 aliphatic rings. The van der Waals surface area contributed by atoms with Crippen molar-refractivity contribution >= 4 is 5.91 Å². The van der Waals surface area contributed by atoms with Gasteiger partial charge >= 0.3 is 0 Å². The molecule has 1 aliphatic carbocycles. The molecule has 3 unspecified atom stereocenters. The Morgan fingerprint density at radius 3 is 2.65 bits per heavy atom. The van der Waals surface area contributed by atoms with Crippen LogP contribution >= 0.6 is 0 Å². The van der Waals surface area contributed by atoms with E-state index in [2.05, 4.69) is 33.0 Å². The summed E-state index contributed by atoms with van der Waals surface area (Å²) < 4.78 is 0. The summed E-state index contributed by atoms with van der Waals surface area (Å²) in [4.78, 5) is 12.6. The maximum Gasteiger partial charge on any atom is 0.223 e. The van der Waals surface area contributed by atoms with Crippen molar-refractivity contribution in [3.8, 4) is 0 Å². The van der Waals surface area contributed by atoms with Gasteiger partial charge < -0.3 is 10.4 Å². The molecule has 0 radical (unpaired) electrons. The van der Waals surface area contributed by atoms with Crippen LogP contribution in [0.1, 0.15) is 60.3 Å². The summed E-state index contributed by atoms with van der Waals surface area (Å²) in [5.41, 5.74) is 0.237. The second-order valence-corrected chi connectivity index (χ2v) is 8.01. The highest BCUT2D eigenvalue weighted by Gasteiger charge is 2.39. The second kappa shape index (κ2) is 9.27. The molecule has 1 saturated carbocycles. The van der Waals surface area contributed by atoms with Crippen molar-refractivity contribution in [1.82, 2.24) is 5.32 Å². The monoisotopic (exact) mass is 321 g/mol. The molecule has 0 aromatic heterocycles. The number of aliphatic hydroxyl groups excluding tert-OH is 1. The van der Waals surface area contributed by atoms with Crippen molar-refractivity contribution < 1.29 is 9.90 Å². The van der Waals surface area contributed by atoms with E-state index in [0.717, 1.165) is 12.8 Å². The molecule has 0 aromatic rings. The number of hydrogen-bond donors (Lipinski definition) is 2. The summed E-state index contributed by atoms with van der Waals surface area (Å²) >= 11 is 0. The van der Waals surface area contributed by atoms with Crippen LogP contribution in [0.2, 0.25) is 0 Å². The lowest BCUT2D eigenvalue weighted by Crippen LogP contribution is -2.44. The molecule has 3 atom stereocenters. The Balaban J connectivity index is 2.53. The highest BCUT2D eigenvalue weighted by Crippen LogP contribution is 2.44. The molecule has 0 spiro atoms. The molecule has 0 saturated heterocycles. The van der Waals surface area contributed by atoms with Gasteiger partial charge in [0.1, 0.15) is 0 Å². The predicted octanol–water partition coefficient (Wildman–Crippen LogP) is 4.08.